The highest BCUT2D eigenvalue weighted by atomic mass is 32.2. The van der Waals surface area contributed by atoms with E-state index in [1.807, 2.05) is 5.32 Å². The van der Waals surface area contributed by atoms with Gasteiger partial charge in [0.05, 0.1) is 12.2 Å². The fourth-order valence-electron chi connectivity index (χ4n) is 2.82. The summed E-state index contributed by atoms with van der Waals surface area (Å²) in [7, 11) is -1.12. The fraction of sp³-hybridized carbons (Fsp3) is 0.667. The number of nitrogens with one attached hydrogen (secondary N) is 1. The lowest BCUT2D eigenvalue weighted by Gasteiger charge is -2.47. The normalized spacial score (nSPS) is 33.5. The second-order valence-corrected chi connectivity index (χ2v) is 8.30. The van der Waals surface area contributed by atoms with Crippen molar-refractivity contribution in [1.29, 1.82) is 0 Å². The molecular formula is C15H24F3NO4S. The van der Waals surface area contributed by atoms with Crippen LogP contribution in [0.2, 0.25) is 0 Å². The lowest BCUT2D eigenvalue weighted by atomic mass is 9.98. The van der Waals surface area contributed by atoms with Gasteiger partial charge in [-0.25, -0.2) is 10.9 Å². The quantitative estimate of drug-likeness (QED) is 0.336. The molecule has 1 saturated heterocycles. The van der Waals surface area contributed by atoms with Gasteiger partial charge in [-0.3, -0.25) is 4.79 Å². The number of aliphatic hydroxyl groups is 3. The van der Waals surface area contributed by atoms with Crippen LogP contribution in [0.5, 0.6) is 0 Å². The Morgan fingerprint density at radius 3 is 2.38 bits per heavy atom. The zero-order valence-electron chi connectivity index (χ0n) is 13.1. The van der Waals surface area contributed by atoms with Crippen LogP contribution in [0.4, 0.5) is 13.2 Å². The van der Waals surface area contributed by atoms with Crippen LogP contribution in [-0.2, 0) is 4.79 Å². The number of carbonyl (C=O) groups excluding carboxylic acids is 1. The molecule has 1 aliphatic rings. The number of aliphatic hydroxyl groups excluding tert-OH is 3. The van der Waals surface area contributed by atoms with Crippen LogP contribution in [0.3, 0.4) is 0 Å². The predicted molar refractivity (Wildman–Crippen MR) is 88.1 cm³/mol. The Morgan fingerprint density at radius 1 is 1.25 bits per heavy atom. The molecule has 0 aromatic rings. The maximum absolute atomic E-state index is 12.6. The molecule has 9 heteroatoms. The molecule has 1 amide bonds. The molecule has 0 saturated carbocycles. The summed E-state index contributed by atoms with van der Waals surface area (Å²) in [4.78, 5) is 11.3. The number of rotatable bonds is 7. The van der Waals surface area contributed by atoms with Crippen LogP contribution < -0.4 is 5.32 Å². The lowest BCUT2D eigenvalue weighted by Crippen LogP contribution is -2.59. The van der Waals surface area contributed by atoms with Crippen molar-refractivity contribution in [1.82, 2.24) is 5.32 Å². The Kier molecular flexibility index (Phi) is 7.78. The topological polar surface area (TPSA) is 89.8 Å². The first kappa shape index (κ1) is 21.0. The van der Waals surface area contributed by atoms with Gasteiger partial charge in [-0.2, -0.15) is 13.2 Å². The van der Waals surface area contributed by atoms with Crippen LogP contribution >= 0.6 is 10.9 Å². The summed E-state index contributed by atoms with van der Waals surface area (Å²) < 4.78 is 37.7. The second kappa shape index (κ2) is 8.89. The Morgan fingerprint density at radius 2 is 1.88 bits per heavy atom. The first-order valence-electron chi connectivity index (χ1n) is 7.51. The van der Waals surface area contributed by atoms with E-state index in [0.717, 1.165) is 0 Å². The van der Waals surface area contributed by atoms with E-state index in [-0.39, 0.29) is 12.2 Å². The molecule has 4 N–H and O–H groups in total. The van der Waals surface area contributed by atoms with Crippen molar-refractivity contribution >= 4 is 16.8 Å². The van der Waals surface area contributed by atoms with Gasteiger partial charge in [0, 0.05) is 17.0 Å². The summed E-state index contributed by atoms with van der Waals surface area (Å²) in [6, 6.07) is -1.02. The number of amides is 1. The van der Waals surface area contributed by atoms with Gasteiger partial charge in [-0.05, 0) is 18.6 Å². The van der Waals surface area contributed by atoms with E-state index in [1.54, 1.807) is 6.08 Å². The highest BCUT2D eigenvalue weighted by Crippen LogP contribution is 2.43. The minimum atomic E-state index is -5.04. The smallest absolute Gasteiger partial charge is 0.390 e. The molecular weight excluding hydrogens is 347 g/mol. The van der Waals surface area contributed by atoms with Gasteiger partial charge in [0.1, 0.15) is 6.10 Å². The van der Waals surface area contributed by atoms with Crippen molar-refractivity contribution in [2.24, 2.45) is 0 Å². The lowest BCUT2D eigenvalue weighted by molar-refractivity contribution is -0.174. The number of halogens is 3. The molecule has 1 rings (SSSR count). The summed E-state index contributed by atoms with van der Waals surface area (Å²) in [6.45, 7) is 7.06. The van der Waals surface area contributed by atoms with Crippen molar-refractivity contribution in [2.75, 3.05) is 11.5 Å². The third-order valence-corrected chi connectivity index (χ3v) is 7.15. The summed E-state index contributed by atoms with van der Waals surface area (Å²) in [5, 5.41) is 31.2. The zero-order chi connectivity index (χ0) is 18.5. The molecule has 0 aromatic heterocycles. The Labute approximate surface area is 141 Å². The zero-order valence-corrected chi connectivity index (χ0v) is 14.0. The van der Waals surface area contributed by atoms with E-state index in [9.17, 15) is 33.3 Å². The van der Waals surface area contributed by atoms with Crippen molar-refractivity contribution in [2.45, 2.75) is 48.6 Å². The van der Waals surface area contributed by atoms with E-state index in [4.69, 9.17) is 0 Å². The molecule has 1 unspecified atom stereocenters. The molecule has 1 aliphatic heterocycles. The van der Waals surface area contributed by atoms with Gasteiger partial charge in [-0.1, -0.05) is 12.2 Å². The Bertz CT molecular complexity index is 460. The number of thiol groups is 1. The molecule has 5 nitrogen and oxygen atoms in total. The SMILES string of the molecule is C=CCC[SH]1C[C@H](O)[C@H](O)[C@@H](O)[C@H]1[C@@H](CC=C)NC(=O)C(F)(F)F. The van der Waals surface area contributed by atoms with E-state index in [0.29, 0.717) is 12.2 Å². The summed E-state index contributed by atoms with van der Waals surface area (Å²) in [6.07, 6.45) is -5.51. The molecule has 0 bridgehead atoms. The highest BCUT2D eigenvalue weighted by molar-refractivity contribution is 8.17. The predicted octanol–water partition coefficient (Wildman–Crippen LogP) is 0.652. The minimum absolute atomic E-state index is 0.0132. The maximum atomic E-state index is 12.6. The molecule has 0 radical (unpaired) electrons. The number of carbonyl (C=O) groups is 1. The number of hydrogen-bond acceptors (Lipinski definition) is 4. The molecule has 6 atom stereocenters. The summed E-state index contributed by atoms with van der Waals surface area (Å²) in [5.74, 6) is -1.39. The average molecular weight is 371 g/mol. The van der Waals surface area contributed by atoms with Crippen LogP contribution in [0.25, 0.3) is 0 Å². The van der Waals surface area contributed by atoms with E-state index in [2.05, 4.69) is 13.2 Å². The third-order valence-electron chi connectivity index (χ3n) is 3.96. The minimum Gasteiger partial charge on any atom is -0.390 e. The highest BCUT2D eigenvalue weighted by Gasteiger charge is 2.47. The third kappa shape index (κ3) is 5.23. The van der Waals surface area contributed by atoms with Gasteiger partial charge in [0.15, 0.2) is 0 Å². The van der Waals surface area contributed by atoms with Crippen molar-refractivity contribution in [3.63, 3.8) is 0 Å². The fourth-order valence-corrected chi connectivity index (χ4v) is 6.07. The first-order chi connectivity index (χ1) is 11.1. The van der Waals surface area contributed by atoms with Gasteiger partial charge in [0.25, 0.3) is 0 Å². The standard InChI is InChI=1S/C15H24F3NO4S/c1-3-5-7-24-8-10(20)11(21)12(22)13(24)9(6-4-2)19-14(23)15(16,17)18/h3-4,9-13,20-22,24H,1-2,5-8H2,(H,19,23)/t9-,10+,11+,12-,13-/m1/s1. The van der Waals surface area contributed by atoms with Crippen LogP contribution in [0, 0.1) is 0 Å². The van der Waals surface area contributed by atoms with Gasteiger partial charge in [-0.15, -0.1) is 13.2 Å². The van der Waals surface area contributed by atoms with E-state index >= 15 is 0 Å². The molecule has 1 heterocycles. The molecule has 24 heavy (non-hydrogen) atoms. The van der Waals surface area contributed by atoms with Crippen molar-refractivity contribution in [3.05, 3.63) is 25.3 Å². The summed E-state index contributed by atoms with van der Waals surface area (Å²) >= 11 is 0. The molecule has 0 aromatic carbocycles. The maximum Gasteiger partial charge on any atom is 0.471 e. The molecule has 0 spiro atoms. The van der Waals surface area contributed by atoms with Crippen LogP contribution in [0.15, 0.2) is 25.3 Å². The average Bonchev–Trinajstić information content (AvgIpc) is 2.49. The van der Waals surface area contributed by atoms with Crippen molar-refractivity contribution in [3.8, 4) is 0 Å². The molecule has 140 valence electrons. The Balaban J connectivity index is 3.05. The number of allylic oxidation sites excluding steroid dienone is 1. The van der Waals surface area contributed by atoms with E-state index < -0.39 is 52.6 Å². The van der Waals surface area contributed by atoms with Crippen LogP contribution in [0.1, 0.15) is 12.8 Å². The summed E-state index contributed by atoms with van der Waals surface area (Å²) in [5.41, 5.74) is 0. The van der Waals surface area contributed by atoms with Gasteiger partial charge >= 0.3 is 12.1 Å². The monoisotopic (exact) mass is 371 g/mol. The second-order valence-electron chi connectivity index (χ2n) is 5.71. The Hall–Kier alpha value is -1.03. The van der Waals surface area contributed by atoms with E-state index in [1.165, 1.54) is 6.08 Å². The largest absolute Gasteiger partial charge is 0.471 e. The van der Waals surface area contributed by atoms with Gasteiger partial charge in [0.2, 0.25) is 0 Å². The molecule has 0 aliphatic carbocycles. The van der Waals surface area contributed by atoms with Crippen molar-refractivity contribution < 1.29 is 33.3 Å². The number of hydrogen-bond donors (Lipinski definition) is 5. The van der Waals surface area contributed by atoms with Crippen LogP contribution in [-0.4, -0.2) is 68.5 Å². The first-order valence-corrected chi connectivity index (χ1v) is 9.29. The number of alkyl halides is 3. The van der Waals surface area contributed by atoms with Gasteiger partial charge < -0.3 is 20.6 Å². The molecule has 1 fully saturated rings.